The summed E-state index contributed by atoms with van der Waals surface area (Å²) in [5.41, 5.74) is 0.0928. The van der Waals surface area contributed by atoms with Crippen LogP contribution in [-0.4, -0.2) is 58.3 Å². The molecule has 0 radical (unpaired) electrons. The number of thioether (sulfide) groups is 1. The third kappa shape index (κ3) is 3.56. The molecule has 5 aliphatic carbocycles. The first-order chi connectivity index (χ1) is 14.2. The fraction of sp³-hybridized carbons (Fsp3) is 0.857. The Morgan fingerprint density at radius 3 is 2.34 bits per heavy atom. The maximum Gasteiger partial charge on any atom is 0.230 e. The molecule has 1 aromatic heterocycles. The number of rotatable bonds is 6. The van der Waals surface area contributed by atoms with E-state index in [0.717, 1.165) is 55.2 Å². The van der Waals surface area contributed by atoms with Gasteiger partial charge in [-0.3, -0.25) is 9.36 Å². The van der Waals surface area contributed by atoms with Gasteiger partial charge in [0.15, 0.2) is 5.16 Å². The lowest BCUT2D eigenvalue weighted by molar-refractivity contribution is -0.124. The van der Waals surface area contributed by atoms with Crippen LogP contribution in [0.15, 0.2) is 5.16 Å². The first-order valence-electron chi connectivity index (χ1n) is 11.4. The van der Waals surface area contributed by atoms with E-state index in [0.29, 0.717) is 11.8 Å². The first kappa shape index (κ1) is 18.5. The molecule has 1 aliphatic heterocycles. The number of nitrogens with one attached hydrogen (secondary N) is 1. The minimum atomic E-state index is 0.0928. The highest BCUT2D eigenvalue weighted by molar-refractivity contribution is 7.99. The molecule has 4 bridgehead atoms. The van der Waals surface area contributed by atoms with Gasteiger partial charge in [-0.2, -0.15) is 0 Å². The summed E-state index contributed by atoms with van der Waals surface area (Å²) in [5.74, 6) is 4.13. The van der Waals surface area contributed by atoms with Crippen molar-refractivity contribution in [1.82, 2.24) is 20.1 Å². The summed E-state index contributed by atoms with van der Waals surface area (Å²) < 4.78 is 7.75. The fourth-order valence-electron chi connectivity index (χ4n) is 6.72. The van der Waals surface area contributed by atoms with E-state index in [1.54, 1.807) is 11.8 Å². The summed E-state index contributed by atoms with van der Waals surface area (Å²) in [6.07, 6.45) is 10.2. The van der Waals surface area contributed by atoms with Gasteiger partial charge in [0.25, 0.3) is 0 Å². The molecule has 2 heterocycles. The molecule has 0 spiro atoms. The monoisotopic (exact) mass is 417 g/mol. The minimum absolute atomic E-state index is 0.0928. The summed E-state index contributed by atoms with van der Waals surface area (Å²) in [7, 11) is 0. The highest BCUT2D eigenvalue weighted by atomic mass is 32.2. The van der Waals surface area contributed by atoms with Crippen LogP contribution in [-0.2, 0) is 9.53 Å². The summed E-state index contributed by atoms with van der Waals surface area (Å²) in [4.78, 5) is 15.2. The molecule has 158 valence electrons. The lowest BCUT2D eigenvalue weighted by atomic mass is 9.53. The van der Waals surface area contributed by atoms with Crippen LogP contribution in [0.25, 0.3) is 0 Å². The first-order valence-corrected chi connectivity index (χ1v) is 12.4. The predicted molar refractivity (Wildman–Crippen MR) is 111 cm³/mol. The van der Waals surface area contributed by atoms with Gasteiger partial charge in [-0.1, -0.05) is 11.8 Å². The minimum Gasteiger partial charge on any atom is -0.378 e. The van der Waals surface area contributed by atoms with Crippen LogP contribution in [0.2, 0.25) is 0 Å². The van der Waals surface area contributed by atoms with Crippen molar-refractivity contribution in [2.45, 2.75) is 68.1 Å². The average molecular weight is 418 g/mol. The van der Waals surface area contributed by atoms with Crippen molar-refractivity contribution in [3.05, 3.63) is 0 Å². The molecule has 7 rings (SSSR count). The number of carbonyl (C=O) groups is 1. The molecule has 6 aliphatic rings. The van der Waals surface area contributed by atoms with Crippen LogP contribution in [0.5, 0.6) is 0 Å². The van der Waals surface area contributed by atoms with Crippen LogP contribution in [0.4, 0.5) is 5.95 Å². The van der Waals surface area contributed by atoms with Crippen LogP contribution in [0.1, 0.15) is 57.4 Å². The van der Waals surface area contributed by atoms with E-state index in [1.807, 2.05) is 0 Å². The van der Waals surface area contributed by atoms with Gasteiger partial charge >= 0.3 is 0 Å². The van der Waals surface area contributed by atoms with Gasteiger partial charge in [-0.05, 0) is 69.1 Å². The molecule has 0 aromatic carbocycles. The lowest BCUT2D eigenvalue weighted by Gasteiger charge is -2.56. The number of morpholine rings is 1. The number of amides is 1. The molecule has 1 amide bonds. The van der Waals surface area contributed by atoms with Gasteiger partial charge in [-0.15, -0.1) is 10.2 Å². The zero-order valence-corrected chi connectivity index (χ0v) is 17.8. The summed E-state index contributed by atoms with van der Waals surface area (Å²) in [5, 5.41) is 13.3. The van der Waals surface area contributed by atoms with Crippen molar-refractivity contribution in [2.75, 3.05) is 37.0 Å². The molecule has 1 saturated heterocycles. The van der Waals surface area contributed by atoms with Crippen molar-refractivity contribution < 1.29 is 9.53 Å². The second-order valence-corrected chi connectivity index (χ2v) is 11.0. The molecule has 0 atom stereocenters. The molecule has 0 unspecified atom stereocenters. The number of hydrogen-bond acceptors (Lipinski definition) is 6. The van der Waals surface area contributed by atoms with Gasteiger partial charge < -0.3 is 15.0 Å². The van der Waals surface area contributed by atoms with Gasteiger partial charge in [-0.25, -0.2) is 0 Å². The summed E-state index contributed by atoms with van der Waals surface area (Å²) in [6.45, 7) is 3.21. The Morgan fingerprint density at radius 2 is 1.72 bits per heavy atom. The van der Waals surface area contributed by atoms with Crippen molar-refractivity contribution in [3.8, 4) is 0 Å². The second-order valence-electron chi connectivity index (χ2n) is 10.0. The normalized spacial score (nSPS) is 35.9. The summed E-state index contributed by atoms with van der Waals surface area (Å²) >= 11 is 1.56. The smallest absolute Gasteiger partial charge is 0.230 e. The Morgan fingerprint density at radius 1 is 1.07 bits per heavy atom. The molecule has 29 heavy (non-hydrogen) atoms. The second kappa shape index (κ2) is 7.15. The Balaban J connectivity index is 1.12. The maximum atomic E-state index is 12.9. The largest absolute Gasteiger partial charge is 0.378 e. The molecule has 1 aromatic rings. The highest BCUT2D eigenvalue weighted by Gasteiger charge is 2.51. The highest BCUT2D eigenvalue weighted by Crippen LogP contribution is 2.55. The van der Waals surface area contributed by atoms with E-state index in [1.165, 1.54) is 51.4 Å². The van der Waals surface area contributed by atoms with Gasteiger partial charge in [0, 0.05) is 24.7 Å². The maximum absolute atomic E-state index is 12.9. The topological polar surface area (TPSA) is 72.3 Å². The molecule has 8 heteroatoms. The van der Waals surface area contributed by atoms with Crippen molar-refractivity contribution >= 4 is 23.6 Å². The lowest BCUT2D eigenvalue weighted by Crippen LogP contribution is -2.60. The number of ether oxygens (including phenoxy) is 1. The standard InChI is InChI=1S/C21H31N5O2S/c27-18(22-21-10-14-7-15(11-21)9-16(8-14)12-21)13-29-20-24-23-19(26(20)17-1-2-17)25-3-5-28-6-4-25/h14-17H,1-13H2,(H,22,27). The van der Waals surface area contributed by atoms with E-state index in [-0.39, 0.29) is 11.4 Å². The molecular weight excluding hydrogens is 386 g/mol. The van der Waals surface area contributed by atoms with Crippen molar-refractivity contribution in [3.63, 3.8) is 0 Å². The van der Waals surface area contributed by atoms with E-state index >= 15 is 0 Å². The van der Waals surface area contributed by atoms with Crippen LogP contribution in [0, 0.1) is 17.8 Å². The third-order valence-corrected chi connectivity index (χ3v) is 8.57. The third-order valence-electron chi connectivity index (χ3n) is 7.63. The predicted octanol–water partition coefficient (Wildman–Crippen LogP) is 2.63. The SMILES string of the molecule is O=C(CSc1nnc(N2CCOCC2)n1C1CC1)NC12CC3CC(CC(C3)C1)C2. The quantitative estimate of drug-likeness (QED) is 0.718. The van der Waals surface area contributed by atoms with Crippen LogP contribution < -0.4 is 10.2 Å². The molecule has 1 N–H and O–H groups in total. The van der Waals surface area contributed by atoms with Gasteiger partial charge in [0.1, 0.15) is 0 Å². The number of nitrogens with zero attached hydrogens (tertiary/aromatic N) is 4. The summed E-state index contributed by atoms with van der Waals surface area (Å²) in [6, 6.07) is 0.497. The van der Waals surface area contributed by atoms with E-state index in [2.05, 4.69) is 25.0 Å². The Bertz CT molecular complexity index is 751. The molecular formula is C21H31N5O2S. The average Bonchev–Trinajstić information content (AvgIpc) is 3.44. The molecule has 5 saturated carbocycles. The van der Waals surface area contributed by atoms with Crippen LogP contribution in [0.3, 0.4) is 0 Å². The zero-order valence-electron chi connectivity index (χ0n) is 17.0. The number of aromatic nitrogens is 3. The zero-order chi connectivity index (χ0) is 19.4. The van der Waals surface area contributed by atoms with E-state index in [9.17, 15) is 4.79 Å². The number of carbonyl (C=O) groups excluding carboxylic acids is 1. The van der Waals surface area contributed by atoms with E-state index in [4.69, 9.17) is 4.74 Å². The molecule has 6 fully saturated rings. The number of hydrogen-bond donors (Lipinski definition) is 1. The fourth-order valence-corrected chi connectivity index (χ4v) is 7.53. The van der Waals surface area contributed by atoms with Gasteiger partial charge in [0.05, 0.1) is 19.0 Å². The van der Waals surface area contributed by atoms with Crippen molar-refractivity contribution in [2.24, 2.45) is 17.8 Å². The Labute approximate surface area is 176 Å². The van der Waals surface area contributed by atoms with E-state index < -0.39 is 0 Å². The Kier molecular flexibility index (Phi) is 4.56. The van der Waals surface area contributed by atoms with Crippen LogP contribution >= 0.6 is 11.8 Å². The van der Waals surface area contributed by atoms with Crippen molar-refractivity contribution in [1.29, 1.82) is 0 Å². The number of anilines is 1. The molecule has 7 nitrogen and oxygen atoms in total. The Hall–Kier alpha value is -1.28. The van der Waals surface area contributed by atoms with Gasteiger partial charge in [0.2, 0.25) is 11.9 Å².